The number of carbonyl (C=O) groups is 2. The van der Waals surface area contributed by atoms with Gasteiger partial charge in [0.15, 0.2) is 0 Å². The topological polar surface area (TPSA) is 79.5 Å². The normalized spacial score (nSPS) is 17.5. The van der Waals surface area contributed by atoms with Gasteiger partial charge < -0.3 is 20.7 Å². The number of halogens is 2. The SMILES string of the molecule is CC(=O)Nc1ccc(NC(=O)C2COCCN2)cc1Cl.Cl. The molecule has 1 unspecified atom stereocenters. The fourth-order valence-electron chi connectivity index (χ4n) is 1.85. The highest BCUT2D eigenvalue weighted by Gasteiger charge is 2.21. The van der Waals surface area contributed by atoms with E-state index in [9.17, 15) is 9.59 Å². The molecule has 0 bridgehead atoms. The molecule has 1 aliphatic rings. The number of rotatable bonds is 3. The Morgan fingerprint density at radius 1 is 1.38 bits per heavy atom. The van der Waals surface area contributed by atoms with Crippen LogP contribution in [0.1, 0.15) is 6.92 Å². The number of carbonyl (C=O) groups excluding carboxylic acids is 2. The Bertz CT molecular complexity index is 519. The molecule has 0 aliphatic carbocycles. The molecule has 0 aromatic heterocycles. The lowest BCUT2D eigenvalue weighted by Gasteiger charge is -2.23. The fraction of sp³-hybridized carbons (Fsp3) is 0.385. The molecule has 1 aromatic carbocycles. The summed E-state index contributed by atoms with van der Waals surface area (Å²) in [5.41, 5.74) is 1.08. The van der Waals surface area contributed by atoms with Crippen LogP contribution < -0.4 is 16.0 Å². The molecule has 2 rings (SSSR count). The van der Waals surface area contributed by atoms with Crippen LogP contribution >= 0.6 is 24.0 Å². The van der Waals surface area contributed by atoms with Crippen molar-refractivity contribution in [2.24, 2.45) is 0 Å². The molecule has 1 atom stereocenters. The van der Waals surface area contributed by atoms with Gasteiger partial charge in [-0.2, -0.15) is 0 Å². The van der Waals surface area contributed by atoms with Crippen molar-refractivity contribution in [2.45, 2.75) is 13.0 Å². The van der Waals surface area contributed by atoms with Gasteiger partial charge in [-0.05, 0) is 18.2 Å². The Balaban J connectivity index is 0.00000220. The van der Waals surface area contributed by atoms with E-state index < -0.39 is 0 Å². The minimum atomic E-state index is -0.363. The van der Waals surface area contributed by atoms with Gasteiger partial charge in [-0.25, -0.2) is 0 Å². The summed E-state index contributed by atoms with van der Waals surface area (Å²) in [7, 11) is 0. The summed E-state index contributed by atoms with van der Waals surface area (Å²) in [4.78, 5) is 22.9. The van der Waals surface area contributed by atoms with Crippen LogP contribution in [-0.4, -0.2) is 37.6 Å². The van der Waals surface area contributed by atoms with Crippen LogP contribution in [-0.2, 0) is 14.3 Å². The van der Waals surface area contributed by atoms with Crippen LogP contribution in [0.5, 0.6) is 0 Å². The quantitative estimate of drug-likeness (QED) is 0.785. The zero-order valence-electron chi connectivity index (χ0n) is 11.4. The Morgan fingerprint density at radius 3 is 2.71 bits per heavy atom. The molecule has 6 nitrogen and oxygen atoms in total. The maximum Gasteiger partial charge on any atom is 0.243 e. The smallest absolute Gasteiger partial charge is 0.243 e. The number of benzene rings is 1. The van der Waals surface area contributed by atoms with Crippen molar-refractivity contribution in [3.05, 3.63) is 23.2 Å². The number of hydrogen-bond acceptors (Lipinski definition) is 4. The van der Waals surface area contributed by atoms with Gasteiger partial charge in [-0.3, -0.25) is 9.59 Å². The molecular formula is C13H17Cl2N3O3. The summed E-state index contributed by atoms with van der Waals surface area (Å²) in [5, 5.41) is 8.79. The minimum absolute atomic E-state index is 0. The molecule has 116 valence electrons. The monoisotopic (exact) mass is 333 g/mol. The maximum atomic E-state index is 12.0. The Hall–Kier alpha value is -1.34. The van der Waals surface area contributed by atoms with E-state index in [1.165, 1.54) is 6.92 Å². The van der Waals surface area contributed by atoms with Gasteiger partial charge in [0.1, 0.15) is 6.04 Å². The van der Waals surface area contributed by atoms with Crippen molar-refractivity contribution >= 4 is 47.2 Å². The van der Waals surface area contributed by atoms with E-state index >= 15 is 0 Å². The molecule has 8 heteroatoms. The minimum Gasteiger partial charge on any atom is -0.378 e. The molecular weight excluding hydrogens is 317 g/mol. The standard InChI is InChI=1S/C13H16ClN3O3.ClH/c1-8(18)16-11-3-2-9(6-10(11)14)17-13(19)12-7-20-5-4-15-12;/h2-3,6,12,15H,4-5,7H2,1H3,(H,16,18)(H,17,19);1H. The molecule has 0 spiro atoms. The van der Waals surface area contributed by atoms with Gasteiger partial charge in [0.25, 0.3) is 0 Å². The van der Waals surface area contributed by atoms with Gasteiger partial charge in [0, 0.05) is 19.2 Å². The summed E-state index contributed by atoms with van der Waals surface area (Å²) in [6, 6.07) is 4.55. The molecule has 3 N–H and O–H groups in total. The maximum absolute atomic E-state index is 12.0. The van der Waals surface area contributed by atoms with E-state index in [1.54, 1.807) is 18.2 Å². The third kappa shape index (κ3) is 5.17. The van der Waals surface area contributed by atoms with Crippen molar-refractivity contribution in [2.75, 3.05) is 30.4 Å². The van der Waals surface area contributed by atoms with E-state index in [-0.39, 0.29) is 30.3 Å². The van der Waals surface area contributed by atoms with Crippen LogP contribution in [0.4, 0.5) is 11.4 Å². The zero-order chi connectivity index (χ0) is 14.5. The van der Waals surface area contributed by atoms with Crippen molar-refractivity contribution in [1.82, 2.24) is 5.32 Å². The van der Waals surface area contributed by atoms with E-state index in [0.717, 1.165) is 0 Å². The molecule has 2 amide bonds. The predicted octanol–water partition coefficient (Wildman–Crippen LogP) is 1.65. The molecule has 1 aliphatic heterocycles. The first-order valence-corrected chi connectivity index (χ1v) is 6.63. The molecule has 1 aromatic rings. The second-order valence-corrected chi connectivity index (χ2v) is 4.85. The summed E-state index contributed by atoms with van der Waals surface area (Å²) < 4.78 is 5.23. The Kier molecular flexibility index (Phi) is 6.91. The number of hydrogen-bond donors (Lipinski definition) is 3. The van der Waals surface area contributed by atoms with E-state index in [4.69, 9.17) is 16.3 Å². The average molecular weight is 334 g/mol. The van der Waals surface area contributed by atoms with Crippen LogP contribution in [0.25, 0.3) is 0 Å². The molecule has 0 radical (unpaired) electrons. The molecule has 0 saturated carbocycles. The second kappa shape index (κ2) is 8.19. The highest BCUT2D eigenvalue weighted by molar-refractivity contribution is 6.34. The van der Waals surface area contributed by atoms with Gasteiger partial charge in [0.05, 0.1) is 23.9 Å². The third-order valence-electron chi connectivity index (χ3n) is 2.79. The first-order chi connectivity index (χ1) is 9.56. The number of anilines is 2. The summed E-state index contributed by atoms with van der Waals surface area (Å²) in [6.07, 6.45) is 0. The van der Waals surface area contributed by atoms with Gasteiger partial charge in [-0.1, -0.05) is 11.6 Å². The van der Waals surface area contributed by atoms with Crippen LogP contribution in [0.2, 0.25) is 5.02 Å². The van der Waals surface area contributed by atoms with E-state index in [0.29, 0.717) is 36.2 Å². The van der Waals surface area contributed by atoms with Gasteiger partial charge >= 0.3 is 0 Å². The predicted molar refractivity (Wildman–Crippen MR) is 84.2 cm³/mol. The highest BCUT2D eigenvalue weighted by atomic mass is 35.5. The lowest BCUT2D eigenvalue weighted by atomic mass is 10.2. The van der Waals surface area contributed by atoms with Crippen molar-refractivity contribution < 1.29 is 14.3 Å². The average Bonchev–Trinajstić information content (AvgIpc) is 2.42. The van der Waals surface area contributed by atoms with Crippen molar-refractivity contribution in [3.8, 4) is 0 Å². The number of ether oxygens (including phenoxy) is 1. The van der Waals surface area contributed by atoms with Crippen LogP contribution in [0.15, 0.2) is 18.2 Å². The zero-order valence-corrected chi connectivity index (χ0v) is 13.0. The van der Waals surface area contributed by atoms with Crippen LogP contribution in [0, 0.1) is 0 Å². The van der Waals surface area contributed by atoms with Crippen molar-refractivity contribution in [1.29, 1.82) is 0 Å². The summed E-state index contributed by atoms with van der Waals surface area (Å²) >= 11 is 6.04. The Labute approximate surface area is 134 Å². The lowest BCUT2D eigenvalue weighted by molar-refractivity contribution is -0.120. The molecule has 1 heterocycles. The van der Waals surface area contributed by atoms with E-state index in [2.05, 4.69) is 16.0 Å². The molecule has 21 heavy (non-hydrogen) atoms. The first kappa shape index (κ1) is 17.7. The summed E-state index contributed by atoms with van der Waals surface area (Å²) in [5.74, 6) is -0.375. The third-order valence-corrected chi connectivity index (χ3v) is 3.10. The van der Waals surface area contributed by atoms with Gasteiger partial charge in [-0.15, -0.1) is 12.4 Å². The number of nitrogens with one attached hydrogen (secondary N) is 3. The lowest BCUT2D eigenvalue weighted by Crippen LogP contribution is -2.48. The molecule has 1 saturated heterocycles. The largest absolute Gasteiger partial charge is 0.378 e. The fourth-order valence-corrected chi connectivity index (χ4v) is 2.07. The van der Waals surface area contributed by atoms with Crippen molar-refractivity contribution in [3.63, 3.8) is 0 Å². The highest BCUT2D eigenvalue weighted by Crippen LogP contribution is 2.25. The van der Waals surface area contributed by atoms with Crippen LogP contribution in [0.3, 0.4) is 0 Å². The summed E-state index contributed by atoms with van der Waals surface area (Å²) in [6.45, 7) is 3.02. The Morgan fingerprint density at radius 2 is 2.14 bits per heavy atom. The van der Waals surface area contributed by atoms with Gasteiger partial charge in [0.2, 0.25) is 11.8 Å². The first-order valence-electron chi connectivity index (χ1n) is 6.25. The number of morpholine rings is 1. The number of amides is 2. The van der Waals surface area contributed by atoms with E-state index in [1.807, 2.05) is 0 Å². The second-order valence-electron chi connectivity index (χ2n) is 4.45. The molecule has 1 fully saturated rings.